The molecule has 0 fully saturated rings. The van der Waals surface area contributed by atoms with E-state index in [-0.39, 0.29) is 5.91 Å². The number of carbonyl (C=O) groups is 1. The average molecular weight is 212 g/mol. The fourth-order valence-electron chi connectivity index (χ4n) is 1.19. The third kappa shape index (κ3) is 3.04. The van der Waals surface area contributed by atoms with Crippen LogP contribution in [0, 0.1) is 0 Å². The van der Waals surface area contributed by atoms with Crippen molar-refractivity contribution in [1.82, 2.24) is 4.90 Å². The largest absolute Gasteiger partial charge is 0.348 e. The number of carbonyl (C=O) groups excluding carboxylic acids is 1. The lowest BCUT2D eigenvalue weighted by molar-refractivity contribution is -0.128. The number of rotatable bonds is 3. The summed E-state index contributed by atoms with van der Waals surface area (Å²) in [5.74, 6) is -0.0458. The van der Waals surface area contributed by atoms with Crippen molar-refractivity contribution in [3.8, 4) is 0 Å². The van der Waals surface area contributed by atoms with E-state index in [1.807, 2.05) is 30.3 Å². The van der Waals surface area contributed by atoms with Crippen LogP contribution in [0.4, 0.5) is 0 Å². The zero-order chi connectivity index (χ0) is 10.6. The van der Waals surface area contributed by atoms with Crippen molar-refractivity contribution in [2.75, 3.05) is 14.1 Å². The topological polar surface area (TPSA) is 20.3 Å². The van der Waals surface area contributed by atoms with E-state index in [0.717, 1.165) is 5.56 Å². The minimum absolute atomic E-state index is 0.0458. The Morgan fingerprint density at radius 2 is 1.93 bits per heavy atom. The molecule has 0 bridgehead atoms. The van der Waals surface area contributed by atoms with Crippen LogP contribution in [0.3, 0.4) is 0 Å². The van der Waals surface area contributed by atoms with Crippen LogP contribution in [0.2, 0.25) is 0 Å². The molecule has 0 aliphatic rings. The molecule has 0 spiro atoms. The third-order valence-electron chi connectivity index (χ3n) is 1.97. The van der Waals surface area contributed by atoms with Gasteiger partial charge in [-0.05, 0) is 12.0 Å². The summed E-state index contributed by atoms with van der Waals surface area (Å²) in [6.07, 6.45) is 0.583. The Labute approximate surface area is 89.5 Å². The zero-order valence-electron chi connectivity index (χ0n) is 8.40. The van der Waals surface area contributed by atoms with E-state index in [1.54, 1.807) is 14.1 Å². The summed E-state index contributed by atoms with van der Waals surface area (Å²) in [6.45, 7) is 0. The standard InChI is InChI=1S/C11H14ClNO/c1-13(2)11(14)10(12)8-9-6-4-3-5-7-9/h3-7,10H,8H2,1-2H3. The highest BCUT2D eigenvalue weighted by molar-refractivity contribution is 6.30. The van der Waals surface area contributed by atoms with Gasteiger partial charge >= 0.3 is 0 Å². The summed E-state index contributed by atoms with van der Waals surface area (Å²) in [5.41, 5.74) is 1.09. The molecule has 0 saturated heterocycles. The summed E-state index contributed by atoms with van der Waals surface area (Å²) in [5, 5.41) is -0.465. The Morgan fingerprint density at radius 1 is 1.36 bits per heavy atom. The lowest BCUT2D eigenvalue weighted by Crippen LogP contribution is -2.31. The van der Waals surface area contributed by atoms with Crippen molar-refractivity contribution in [3.63, 3.8) is 0 Å². The Kier molecular flexibility index (Phi) is 3.96. The molecular formula is C11H14ClNO. The van der Waals surface area contributed by atoms with Gasteiger partial charge in [-0.15, -0.1) is 11.6 Å². The minimum atomic E-state index is -0.465. The van der Waals surface area contributed by atoms with Crippen molar-refractivity contribution in [3.05, 3.63) is 35.9 Å². The molecule has 0 N–H and O–H groups in total. The molecular weight excluding hydrogens is 198 g/mol. The van der Waals surface area contributed by atoms with Gasteiger partial charge in [0.15, 0.2) is 0 Å². The Bertz CT molecular complexity index is 297. The van der Waals surface area contributed by atoms with Crippen molar-refractivity contribution >= 4 is 17.5 Å². The van der Waals surface area contributed by atoms with Crippen molar-refractivity contribution in [2.24, 2.45) is 0 Å². The number of nitrogens with zero attached hydrogens (tertiary/aromatic N) is 1. The monoisotopic (exact) mass is 211 g/mol. The molecule has 2 nitrogen and oxygen atoms in total. The molecule has 0 saturated carbocycles. The summed E-state index contributed by atoms with van der Waals surface area (Å²) >= 11 is 5.97. The van der Waals surface area contributed by atoms with E-state index < -0.39 is 5.38 Å². The number of halogens is 1. The SMILES string of the molecule is CN(C)C(=O)C(Cl)Cc1ccccc1. The van der Waals surface area contributed by atoms with E-state index in [0.29, 0.717) is 6.42 Å². The second-order valence-electron chi connectivity index (χ2n) is 3.39. The first-order valence-electron chi connectivity index (χ1n) is 4.50. The smallest absolute Gasteiger partial charge is 0.240 e. The average Bonchev–Trinajstić information content (AvgIpc) is 2.18. The first kappa shape index (κ1) is 11.1. The molecule has 0 radical (unpaired) electrons. The Morgan fingerprint density at radius 3 is 2.43 bits per heavy atom. The number of amides is 1. The third-order valence-corrected chi connectivity index (χ3v) is 2.31. The minimum Gasteiger partial charge on any atom is -0.348 e. The van der Waals surface area contributed by atoms with Gasteiger partial charge in [0.2, 0.25) is 5.91 Å². The highest BCUT2D eigenvalue weighted by atomic mass is 35.5. The number of hydrogen-bond donors (Lipinski definition) is 0. The van der Waals surface area contributed by atoms with Gasteiger partial charge in [0.05, 0.1) is 0 Å². The molecule has 0 aliphatic heterocycles. The maximum absolute atomic E-state index is 11.4. The van der Waals surface area contributed by atoms with Gasteiger partial charge in [-0.2, -0.15) is 0 Å². The van der Waals surface area contributed by atoms with Crippen LogP contribution in [0.15, 0.2) is 30.3 Å². The van der Waals surface area contributed by atoms with Crippen LogP contribution in [0.1, 0.15) is 5.56 Å². The molecule has 1 aromatic carbocycles. The molecule has 0 aliphatic carbocycles. The number of benzene rings is 1. The van der Waals surface area contributed by atoms with Crippen LogP contribution in [-0.2, 0) is 11.2 Å². The molecule has 14 heavy (non-hydrogen) atoms. The predicted octanol–water partition coefficient (Wildman–Crippen LogP) is 1.92. The molecule has 1 unspecified atom stereocenters. The maximum atomic E-state index is 11.4. The molecule has 3 heteroatoms. The van der Waals surface area contributed by atoms with E-state index >= 15 is 0 Å². The number of hydrogen-bond acceptors (Lipinski definition) is 1. The highest BCUT2D eigenvalue weighted by Crippen LogP contribution is 2.09. The fraction of sp³-hybridized carbons (Fsp3) is 0.364. The molecule has 0 aromatic heterocycles. The molecule has 0 heterocycles. The molecule has 1 amide bonds. The first-order valence-corrected chi connectivity index (χ1v) is 4.94. The quantitative estimate of drug-likeness (QED) is 0.700. The summed E-state index contributed by atoms with van der Waals surface area (Å²) in [4.78, 5) is 13.0. The van der Waals surface area contributed by atoms with Gasteiger partial charge in [0, 0.05) is 14.1 Å². The van der Waals surface area contributed by atoms with Crippen LogP contribution in [0.25, 0.3) is 0 Å². The van der Waals surface area contributed by atoms with Gasteiger partial charge in [-0.1, -0.05) is 30.3 Å². The summed E-state index contributed by atoms with van der Waals surface area (Å²) in [6, 6.07) is 9.77. The number of alkyl halides is 1. The Balaban J connectivity index is 2.57. The predicted molar refractivity (Wildman–Crippen MR) is 58.5 cm³/mol. The second-order valence-corrected chi connectivity index (χ2v) is 3.92. The van der Waals surface area contributed by atoms with E-state index in [2.05, 4.69) is 0 Å². The van der Waals surface area contributed by atoms with Gasteiger partial charge in [-0.25, -0.2) is 0 Å². The van der Waals surface area contributed by atoms with Crippen LogP contribution < -0.4 is 0 Å². The lowest BCUT2D eigenvalue weighted by Gasteiger charge is -2.14. The molecule has 1 atom stereocenters. The highest BCUT2D eigenvalue weighted by Gasteiger charge is 2.17. The summed E-state index contributed by atoms with van der Waals surface area (Å²) < 4.78 is 0. The Hall–Kier alpha value is -1.02. The lowest BCUT2D eigenvalue weighted by atomic mass is 10.1. The molecule has 76 valence electrons. The fourth-order valence-corrected chi connectivity index (χ4v) is 1.56. The summed E-state index contributed by atoms with van der Waals surface area (Å²) in [7, 11) is 3.42. The molecule has 1 rings (SSSR count). The van der Waals surface area contributed by atoms with Crippen LogP contribution >= 0.6 is 11.6 Å². The first-order chi connectivity index (χ1) is 6.61. The van der Waals surface area contributed by atoms with Gasteiger partial charge in [0.25, 0.3) is 0 Å². The maximum Gasteiger partial charge on any atom is 0.240 e. The van der Waals surface area contributed by atoms with Gasteiger partial charge in [0.1, 0.15) is 5.38 Å². The zero-order valence-corrected chi connectivity index (χ0v) is 9.16. The van der Waals surface area contributed by atoms with Crippen LogP contribution in [-0.4, -0.2) is 30.3 Å². The second kappa shape index (κ2) is 5.01. The normalized spacial score (nSPS) is 12.2. The van der Waals surface area contributed by atoms with E-state index in [9.17, 15) is 4.79 Å². The van der Waals surface area contributed by atoms with Crippen molar-refractivity contribution in [1.29, 1.82) is 0 Å². The van der Waals surface area contributed by atoms with Crippen LogP contribution in [0.5, 0.6) is 0 Å². The molecule has 1 aromatic rings. The van der Waals surface area contributed by atoms with Crippen molar-refractivity contribution < 1.29 is 4.79 Å². The van der Waals surface area contributed by atoms with Crippen molar-refractivity contribution in [2.45, 2.75) is 11.8 Å². The van der Waals surface area contributed by atoms with Gasteiger partial charge in [-0.3, -0.25) is 4.79 Å². The van der Waals surface area contributed by atoms with E-state index in [4.69, 9.17) is 11.6 Å². The van der Waals surface area contributed by atoms with E-state index in [1.165, 1.54) is 4.90 Å². The van der Waals surface area contributed by atoms with Gasteiger partial charge < -0.3 is 4.90 Å².